The number of phenolic OH excluding ortho intramolecular Hbond substituents is 1. The number of amides is 1. The van der Waals surface area contributed by atoms with Crippen LogP contribution in [0.3, 0.4) is 0 Å². The zero-order valence-electron chi connectivity index (χ0n) is 19.4. The minimum atomic E-state index is -0.885. The molecule has 1 fully saturated rings. The monoisotopic (exact) mass is 502 g/mol. The minimum Gasteiger partial charge on any atom is -0.508 e. The maximum atomic E-state index is 13.3. The number of nitrogens with one attached hydrogen (secondary N) is 1. The first-order valence-electron chi connectivity index (χ1n) is 11.3. The molecule has 1 aromatic heterocycles. The van der Waals surface area contributed by atoms with Gasteiger partial charge in [-0.05, 0) is 53.9 Å². The Kier molecular flexibility index (Phi) is 6.16. The predicted octanol–water partition coefficient (Wildman–Crippen LogP) is 5.20. The van der Waals surface area contributed by atoms with E-state index in [1.165, 1.54) is 30.2 Å². The van der Waals surface area contributed by atoms with E-state index in [1.54, 1.807) is 24.3 Å². The van der Waals surface area contributed by atoms with E-state index in [4.69, 9.17) is 16.3 Å². The molecule has 0 bridgehead atoms. The summed E-state index contributed by atoms with van der Waals surface area (Å²) < 4.78 is 5.25. The number of aromatic nitrogens is 1. The maximum absolute atomic E-state index is 13.3. The molecule has 0 aliphatic carbocycles. The van der Waals surface area contributed by atoms with Gasteiger partial charge in [-0.2, -0.15) is 0 Å². The number of aromatic hydroxyl groups is 1. The van der Waals surface area contributed by atoms with Crippen LogP contribution in [0.25, 0.3) is 16.7 Å². The summed E-state index contributed by atoms with van der Waals surface area (Å²) in [5.74, 6) is -1.54. The summed E-state index contributed by atoms with van der Waals surface area (Å²) in [5.41, 5.74) is 2.72. The smallest absolute Gasteiger partial charge is 0.295 e. The van der Waals surface area contributed by atoms with Crippen molar-refractivity contribution in [3.63, 3.8) is 0 Å². The predicted molar refractivity (Wildman–Crippen MR) is 137 cm³/mol. The van der Waals surface area contributed by atoms with Crippen LogP contribution in [-0.2, 0) is 16.0 Å². The summed E-state index contributed by atoms with van der Waals surface area (Å²) in [6.45, 7) is 0.230. The second kappa shape index (κ2) is 9.43. The average molecular weight is 503 g/mol. The number of aliphatic hydroxyl groups is 1. The number of phenols is 1. The number of methoxy groups -OCH3 is 1. The quantitative estimate of drug-likeness (QED) is 0.191. The number of halogens is 1. The molecule has 1 aliphatic rings. The molecule has 1 atom stereocenters. The Balaban J connectivity index is 1.58. The van der Waals surface area contributed by atoms with Crippen LogP contribution in [0, 0.1) is 0 Å². The fraction of sp³-hybridized carbons (Fsp3) is 0.143. The van der Waals surface area contributed by atoms with Gasteiger partial charge < -0.3 is 24.8 Å². The van der Waals surface area contributed by atoms with E-state index in [0.717, 1.165) is 16.5 Å². The van der Waals surface area contributed by atoms with Crippen molar-refractivity contribution in [3.8, 4) is 11.5 Å². The third kappa shape index (κ3) is 4.07. The number of benzene rings is 3. The van der Waals surface area contributed by atoms with E-state index in [-0.39, 0.29) is 29.2 Å². The van der Waals surface area contributed by atoms with E-state index < -0.39 is 17.7 Å². The second-order valence-electron chi connectivity index (χ2n) is 8.55. The van der Waals surface area contributed by atoms with Crippen LogP contribution in [0.2, 0.25) is 5.02 Å². The minimum absolute atomic E-state index is 0.0112. The van der Waals surface area contributed by atoms with Crippen molar-refractivity contribution in [2.45, 2.75) is 12.5 Å². The number of fused-ring (bicyclic) bond motifs is 1. The Morgan fingerprint density at radius 3 is 2.67 bits per heavy atom. The zero-order valence-corrected chi connectivity index (χ0v) is 20.1. The van der Waals surface area contributed by atoms with Crippen molar-refractivity contribution < 1.29 is 24.5 Å². The Morgan fingerprint density at radius 2 is 1.89 bits per heavy atom. The number of Topliss-reactive ketones (excluding diaryl/α,β-unsaturated/α-hetero) is 1. The number of carbonyl (C=O) groups is 2. The van der Waals surface area contributed by atoms with E-state index in [0.29, 0.717) is 22.8 Å². The van der Waals surface area contributed by atoms with Crippen molar-refractivity contribution in [2.75, 3.05) is 13.7 Å². The number of ketones is 1. The number of likely N-dealkylation sites (tertiary alicyclic amines) is 1. The van der Waals surface area contributed by atoms with E-state index in [9.17, 15) is 19.8 Å². The van der Waals surface area contributed by atoms with Gasteiger partial charge in [-0.25, -0.2) is 0 Å². The highest BCUT2D eigenvalue weighted by molar-refractivity contribution is 6.46. The highest BCUT2D eigenvalue weighted by Crippen LogP contribution is 2.41. The molecule has 1 aliphatic heterocycles. The first-order chi connectivity index (χ1) is 17.4. The number of aliphatic hydroxyl groups excluding tert-OH is 1. The molecule has 7 nitrogen and oxygen atoms in total. The van der Waals surface area contributed by atoms with Gasteiger partial charge in [-0.15, -0.1) is 0 Å². The van der Waals surface area contributed by atoms with Gasteiger partial charge in [0, 0.05) is 29.2 Å². The lowest BCUT2D eigenvalue weighted by atomic mass is 9.95. The van der Waals surface area contributed by atoms with Gasteiger partial charge in [0.1, 0.15) is 17.3 Å². The molecule has 1 unspecified atom stereocenters. The van der Waals surface area contributed by atoms with Crippen molar-refractivity contribution in [2.24, 2.45) is 0 Å². The molecule has 36 heavy (non-hydrogen) atoms. The molecule has 182 valence electrons. The van der Waals surface area contributed by atoms with Crippen LogP contribution in [0.15, 0.2) is 78.5 Å². The standard InChI is InChI=1S/C28H23ClN2O5/c1-36-23-14-17(9-10-21(23)29)26(33)24-25(16-5-4-6-19(32)13-16)31(28(35)27(24)34)12-11-18-15-30-22-8-3-2-7-20(18)22/h2-10,13-15,25,30,32-33H,11-12H2,1H3/b26-24+. The molecule has 3 aromatic carbocycles. The number of rotatable bonds is 6. The summed E-state index contributed by atoms with van der Waals surface area (Å²) in [6.07, 6.45) is 2.38. The lowest BCUT2D eigenvalue weighted by Crippen LogP contribution is -2.31. The molecule has 0 spiro atoms. The van der Waals surface area contributed by atoms with Crippen molar-refractivity contribution >= 4 is 40.0 Å². The number of hydrogen-bond donors (Lipinski definition) is 3. The molecule has 0 saturated carbocycles. The zero-order chi connectivity index (χ0) is 25.4. The van der Waals surface area contributed by atoms with Gasteiger partial charge in [0.25, 0.3) is 11.7 Å². The third-order valence-corrected chi connectivity index (χ3v) is 6.76. The lowest BCUT2D eigenvalue weighted by molar-refractivity contribution is -0.139. The molecule has 2 heterocycles. The number of H-pyrrole nitrogens is 1. The lowest BCUT2D eigenvalue weighted by Gasteiger charge is -2.25. The van der Waals surface area contributed by atoms with Crippen LogP contribution in [0.5, 0.6) is 11.5 Å². The van der Waals surface area contributed by atoms with Crippen molar-refractivity contribution in [1.29, 1.82) is 0 Å². The number of carbonyl (C=O) groups excluding carboxylic acids is 2. The summed E-state index contributed by atoms with van der Waals surface area (Å²) >= 11 is 6.13. The summed E-state index contributed by atoms with van der Waals surface area (Å²) in [7, 11) is 1.45. The highest BCUT2D eigenvalue weighted by Gasteiger charge is 2.46. The largest absolute Gasteiger partial charge is 0.508 e. The van der Waals surface area contributed by atoms with Crippen molar-refractivity contribution in [3.05, 3.63) is 100 Å². The number of hydrogen-bond acceptors (Lipinski definition) is 5. The van der Waals surface area contributed by atoms with E-state index >= 15 is 0 Å². The molecule has 5 rings (SSSR count). The fourth-order valence-electron chi connectivity index (χ4n) is 4.69. The number of nitrogens with zero attached hydrogens (tertiary/aromatic N) is 1. The fourth-order valence-corrected chi connectivity index (χ4v) is 4.89. The van der Waals surface area contributed by atoms with Crippen LogP contribution in [-0.4, -0.2) is 45.4 Å². The van der Waals surface area contributed by atoms with Crippen LogP contribution in [0.4, 0.5) is 0 Å². The number of para-hydroxylation sites is 1. The van der Waals surface area contributed by atoms with Crippen LogP contribution < -0.4 is 4.74 Å². The first-order valence-corrected chi connectivity index (χ1v) is 11.7. The Bertz CT molecular complexity index is 1520. The summed E-state index contributed by atoms with van der Waals surface area (Å²) in [4.78, 5) is 31.2. The molecule has 4 aromatic rings. The molecular weight excluding hydrogens is 480 g/mol. The van der Waals surface area contributed by atoms with Crippen LogP contribution in [0.1, 0.15) is 22.7 Å². The molecule has 3 N–H and O–H groups in total. The first kappa shape index (κ1) is 23.5. The van der Waals surface area contributed by atoms with Crippen molar-refractivity contribution in [1.82, 2.24) is 9.88 Å². The van der Waals surface area contributed by atoms with Gasteiger partial charge in [0.05, 0.1) is 23.7 Å². The number of ether oxygens (including phenoxy) is 1. The molecular formula is C28H23ClN2O5. The maximum Gasteiger partial charge on any atom is 0.295 e. The van der Waals surface area contributed by atoms with Crippen LogP contribution >= 0.6 is 11.6 Å². The Morgan fingerprint density at radius 1 is 1.08 bits per heavy atom. The van der Waals surface area contributed by atoms with Gasteiger partial charge in [-0.3, -0.25) is 9.59 Å². The van der Waals surface area contributed by atoms with E-state index in [1.807, 2.05) is 30.5 Å². The van der Waals surface area contributed by atoms with Gasteiger partial charge in [0.15, 0.2) is 0 Å². The molecule has 1 amide bonds. The summed E-state index contributed by atoms with van der Waals surface area (Å²) in [6, 6.07) is 17.9. The molecule has 1 saturated heterocycles. The van der Waals surface area contributed by atoms with Gasteiger partial charge >= 0.3 is 0 Å². The van der Waals surface area contributed by atoms with Gasteiger partial charge in [0.2, 0.25) is 0 Å². The average Bonchev–Trinajstić information content (AvgIpc) is 3.41. The SMILES string of the molecule is COc1cc(/C(O)=C2\C(=O)C(=O)N(CCc3c[nH]c4ccccc34)C2c2cccc(O)c2)ccc1Cl. The Hall–Kier alpha value is -4.23. The molecule has 8 heteroatoms. The number of aromatic amines is 1. The highest BCUT2D eigenvalue weighted by atomic mass is 35.5. The Labute approximate surface area is 212 Å². The van der Waals surface area contributed by atoms with Gasteiger partial charge in [-0.1, -0.05) is 41.9 Å². The summed E-state index contributed by atoms with van der Waals surface area (Å²) in [5, 5.41) is 22.8. The third-order valence-electron chi connectivity index (χ3n) is 6.45. The molecule has 0 radical (unpaired) electrons. The van der Waals surface area contributed by atoms with E-state index in [2.05, 4.69) is 4.98 Å². The topological polar surface area (TPSA) is 103 Å². The normalized spacial score (nSPS) is 17.2. The second-order valence-corrected chi connectivity index (χ2v) is 8.95.